The summed E-state index contributed by atoms with van der Waals surface area (Å²) in [5, 5.41) is 2.48. The molecule has 1 aromatic heterocycles. The van der Waals surface area contributed by atoms with E-state index < -0.39 is 29.2 Å². The van der Waals surface area contributed by atoms with Gasteiger partial charge in [-0.05, 0) is 42.9 Å². The average molecular weight is 296 g/mol. The maximum atomic E-state index is 13.7. The van der Waals surface area contributed by atoms with Crippen LogP contribution >= 0.6 is 0 Å². The largest absolute Gasteiger partial charge is 0.350 e. The van der Waals surface area contributed by atoms with Crippen molar-refractivity contribution in [3.8, 4) is 0 Å². The minimum absolute atomic E-state index is 0.468. The molecule has 3 rings (SSSR count). The molecule has 21 heavy (non-hydrogen) atoms. The standard InChI is InChI=1S/C15H12F4N2/c16-11-13(12(17)15(19)21-14(11)18)20-10-7-3-5-8-4-1-2-6-9(8)10/h3,5,7H,1-2,4,6H2,(H,20,21). The van der Waals surface area contributed by atoms with E-state index in [0.717, 1.165) is 36.8 Å². The van der Waals surface area contributed by atoms with Gasteiger partial charge in [0.1, 0.15) is 5.69 Å². The molecular weight excluding hydrogens is 284 g/mol. The van der Waals surface area contributed by atoms with Crippen LogP contribution in [-0.2, 0) is 12.8 Å². The van der Waals surface area contributed by atoms with E-state index in [9.17, 15) is 17.6 Å². The molecule has 110 valence electrons. The summed E-state index contributed by atoms with van der Waals surface area (Å²) in [6.45, 7) is 0. The third-order valence-corrected chi connectivity index (χ3v) is 3.65. The van der Waals surface area contributed by atoms with Gasteiger partial charge in [0, 0.05) is 5.69 Å². The quantitative estimate of drug-likeness (QED) is 0.661. The highest BCUT2D eigenvalue weighted by atomic mass is 19.2. The topological polar surface area (TPSA) is 24.9 Å². The molecular formula is C15H12F4N2. The van der Waals surface area contributed by atoms with Crippen LogP contribution in [0.4, 0.5) is 28.9 Å². The summed E-state index contributed by atoms with van der Waals surface area (Å²) in [6.07, 6.45) is 3.67. The van der Waals surface area contributed by atoms with Crippen molar-refractivity contribution in [1.29, 1.82) is 0 Å². The molecule has 0 aliphatic heterocycles. The molecule has 0 atom stereocenters. The number of aryl methyl sites for hydroxylation is 1. The number of fused-ring (bicyclic) bond motifs is 1. The van der Waals surface area contributed by atoms with Crippen LogP contribution in [0.1, 0.15) is 24.0 Å². The lowest BCUT2D eigenvalue weighted by Gasteiger charge is -2.20. The van der Waals surface area contributed by atoms with Gasteiger partial charge in [0.2, 0.25) is 11.6 Å². The van der Waals surface area contributed by atoms with Gasteiger partial charge in [-0.2, -0.15) is 22.5 Å². The third kappa shape index (κ3) is 2.46. The fraction of sp³-hybridized carbons (Fsp3) is 0.267. The van der Waals surface area contributed by atoms with Crippen LogP contribution in [0, 0.1) is 23.5 Å². The van der Waals surface area contributed by atoms with E-state index in [1.807, 2.05) is 6.07 Å². The van der Waals surface area contributed by atoms with Crippen molar-refractivity contribution in [1.82, 2.24) is 4.98 Å². The lowest BCUT2D eigenvalue weighted by molar-refractivity contribution is 0.411. The molecule has 1 N–H and O–H groups in total. The van der Waals surface area contributed by atoms with Gasteiger partial charge in [-0.25, -0.2) is 0 Å². The fourth-order valence-electron chi connectivity index (χ4n) is 2.63. The molecule has 2 nitrogen and oxygen atoms in total. The van der Waals surface area contributed by atoms with E-state index in [-0.39, 0.29) is 0 Å². The highest BCUT2D eigenvalue weighted by Gasteiger charge is 2.22. The van der Waals surface area contributed by atoms with Crippen molar-refractivity contribution in [2.24, 2.45) is 0 Å². The number of anilines is 2. The summed E-state index contributed by atoms with van der Waals surface area (Å²) in [5.74, 6) is -6.38. The Kier molecular flexibility index (Phi) is 3.53. The molecule has 0 fully saturated rings. The summed E-state index contributed by atoms with van der Waals surface area (Å²) >= 11 is 0. The zero-order chi connectivity index (χ0) is 15.0. The minimum atomic E-state index is -1.67. The second-order valence-electron chi connectivity index (χ2n) is 4.97. The van der Waals surface area contributed by atoms with Crippen LogP contribution in [0.3, 0.4) is 0 Å². The van der Waals surface area contributed by atoms with Crippen LogP contribution in [0.2, 0.25) is 0 Å². The zero-order valence-electron chi connectivity index (χ0n) is 11.0. The Bertz CT molecular complexity index is 674. The first kappa shape index (κ1) is 13.9. The maximum Gasteiger partial charge on any atom is 0.253 e. The lowest BCUT2D eigenvalue weighted by atomic mass is 9.90. The summed E-state index contributed by atoms with van der Waals surface area (Å²) in [4.78, 5) is 2.54. The van der Waals surface area contributed by atoms with E-state index >= 15 is 0 Å². The summed E-state index contributed by atoms with van der Waals surface area (Å²) in [6, 6.07) is 5.33. The van der Waals surface area contributed by atoms with Crippen molar-refractivity contribution in [2.45, 2.75) is 25.7 Å². The first-order valence-electron chi connectivity index (χ1n) is 6.65. The van der Waals surface area contributed by atoms with Crippen LogP contribution < -0.4 is 5.32 Å². The van der Waals surface area contributed by atoms with Gasteiger partial charge in [-0.3, -0.25) is 0 Å². The van der Waals surface area contributed by atoms with E-state index in [0.29, 0.717) is 5.69 Å². The first-order valence-corrected chi connectivity index (χ1v) is 6.65. The van der Waals surface area contributed by atoms with Crippen molar-refractivity contribution < 1.29 is 17.6 Å². The summed E-state index contributed by atoms with van der Waals surface area (Å²) in [7, 11) is 0. The van der Waals surface area contributed by atoms with E-state index in [4.69, 9.17) is 0 Å². The molecule has 1 aliphatic carbocycles. The Morgan fingerprint density at radius 3 is 2.29 bits per heavy atom. The number of nitrogens with zero attached hydrogens (tertiary/aromatic N) is 1. The van der Waals surface area contributed by atoms with Crippen molar-refractivity contribution >= 4 is 11.4 Å². The molecule has 0 unspecified atom stereocenters. The Morgan fingerprint density at radius 1 is 0.905 bits per heavy atom. The fourth-order valence-corrected chi connectivity index (χ4v) is 2.63. The van der Waals surface area contributed by atoms with Gasteiger partial charge in [-0.15, -0.1) is 0 Å². The molecule has 2 aromatic rings. The van der Waals surface area contributed by atoms with Crippen molar-refractivity contribution in [3.05, 3.63) is 52.9 Å². The number of pyridine rings is 1. The van der Waals surface area contributed by atoms with Gasteiger partial charge in [0.25, 0.3) is 11.9 Å². The predicted molar refractivity (Wildman–Crippen MR) is 70.4 cm³/mol. The SMILES string of the molecule is Fc1nc(F)c(F)c(Nc2cccc3c2CCCC3)c1F. The summed E-state index contributed by atoms with van der Waals surface area (Å²) < 4.78 is 53.6. The van der Waals surface area contributed by atoms with Crippen LogP contribution in [0.15, 0.2) is 18.2 Å². The first-order chi connectivity index (χ1) is 10.1. The molecule has 1 aliphatic rings. The van der Waals surface area contributed by atoms with Gasteiger partial charge in [0.05, 0.1) is 0 Å². The number of aromatic nitrogens is 1. The third-order valence-electron chi connectivity index (χ3n) is 3.65. The Balaban J connectivity index is 2.06. The monoisotopic (exact) mass is 296 g/mol. The Morgan fingerprint density at radius 2 is 1.57 bits per heavy atom. The maximum absolute atomic E-state index is 13.7. The Hall–Kier alpha value is -2.11. The zero-order valence-corrected chi connectivity index (χ0v) is 11.0. The molecule has 0 spiro atoms. The van der Waals surface area contributed by atoms with E-state index in [1.165, 1.54) is 0 Å². The van der Waals surface area contributed by atoms with E-state index in [2.05, 4.69) is 10.3 Å². The number of rotatable bonds is 2. The van der Waals surface area contributed by atoms with E-state index in [1.54, 1.807) is 12.1 Å². The molecule has 0 bridgehead atoms. The average Bonchev–Trinajstić information content (AvgIpc) is 2.50. The summed E-state index contributed by atoms with van der Waals surface area (Å²) in [5.41, 5.74) is 1.64. The van der Waals surface area contributed by atoms with Crippen molar-refractivity contribution in [2.75, 3.05) is 5.32 Å². The number of nitrogens with one attached hydrogen (secondary N) is 1. The number of halogens is 4. The predicted octanol–water partition coefficient (Wildman–Crippen LogP) is 4.26. The van der Waals surface area contributed by atoms with Gasteiger partial charge in [-0.1, -0.05) is 12.1 Å². The van der Waals surface area contributed by atoms with Gasteiger partial charge in [0.15, 0.2) is 0 Å². The van der Waals surface area contributed by atoms with Crippen LogP contribution in [-0.4, -0.2) is 4.98 Å². The number of hydrogen-bond acceptors (Lipinski definition) is 2. The molecule has 1 heterocycles. The lowest BCUT2D eigenvalue weighted by Crippen LogP contribution is -2.10. The minimum Gasteiger partial charge on any atom is -0.350 e. The van der Waals surface area contributed by atoms with Crippen LogP contribution in [0.25, 0.3) is 0 Å². The molecule has 0 radical (unpaired) electrons. The second-order valence-corrected chi connectivity index (χ2v) is 4.97. The second kappa shape index (κ2) is 5.35. The van der Waals surface area contributed by atoms with Crippen molar-refractivity contribution in [3.63, 3.8) is 0 Å². The normalized spacial score (nSPS) is 13.9. The smallest absolute Gasteiger partial charge is 0.253 e. The van der Waals surface area contributed by atoms with Crippen LogP contribution in [0.5, 0.6) is 0 Å². The molecule has 0 saturated heterocycles. The Labute approximate surface area is 118 Å². The molecule has 0 saturated carbocycles. The number of hydrogen-bond donors (Lipinski definition) is 1. The molecule has 1 aromatic carbocycles. The highest BCUT2D eigenvalue weighted by Crippen LogP contribution is 2.32. The van der Waals surface area contributed by atoms with Gasteiger partial charge >= 0.3 is 0 Å². The number of benzene rings is 1. The molecule has 0 amide bonds. The highest BCUT2D eigenvalue weighted by molar-refractivity contribution is 5.65. The molecule has 6 heteroatoms. The van der Waals surface area contributed by atoms with Gasteiger partial charge < -0.3 is 5.32 Å².